The molecule has 4 rings (SSSR count). The van der Waals surface area contributed by atoms with Crippen LogP contribution in [-0.2, 0) is 6.54 Å². The monoisotopic (exact) mass is 599 g/mol. The molecule has 9 heteroatoms. The maximum Gasteiger partial charge on any atom is 0.335 e. The first-order valence-electron chi connectivity index (χ1n) is 14.4. The zero-order valence-electron chi connectivity index (χ0n) is 26.0. The molecule has 2 heterocycles. The minimum absolute atomic E-state index is 0.0609. The van der Waals surface area contributed by atoms with Gasteiger partial charge in [-0.25, -0.2) is 9.78 Å². The number of anilines is 1. The molecule has 0 saturated heterocycles. The molecule has 0 aliphatic carbocycles. The molecule has 0 bridgehead atoms. The maximum atomic E-state index is 11.4. The Balaban J connectivity index is 1.58. The van der Waals surface area contributed by atoms with Crippen LogP contribution < -0.4 is 14.8 Å². The Kier molecular flexibility index (Phi) is 10.4. The summed E-state index contributed by atoms with van der Waals surface area (Å²) in [7, 11) is 0. The van der Waals surface area contributed by atoms with Crippen LogP contribution in [0.3, 0.4) is 0 Å². The Hall–Kier alpha value is -3.95. The highest BCUT2D eigenvalue weighted by molar-refractivity contribution is 8.00. The van der Waals surface area contributed by atoms with Crippen LogP contribution in [0.15, 0.2) is 65.6 Å². The van der Waals surface area contributed by atoms with Gasteiger partial charge in [0.2, 0.25) is 11.8 Å². The van der Waals surface area contributed by atoms with Gasteiger partial charge in [-0.05, 0) is 98.5 Å². The molecule has 0 amide bonds. The van der Waals surface area contributed by atoms with Crippen LogP contribution in [0.4, 0.5) is 5.95 Å². The van der Waals surface area contributed by atoms with E-state index >= 15 is 0 Å². The van der Waals surface area contributed by atoms with Crippen LogP contribution in [0, 0.1) is 33.1 Å². The lowest BCUT2D eigenvalue weighted by Crippen LogP contribution is -2.37. The Bertz CT molecular complexity index is 1540. The molecule has 226 valence electrons. The zero-order valence-corrected chi connectivity index (χ0v) is 26.8. The molecule has 43 heavy (non-hydrogen) atoms. The van der Waals surface area contributed by atoms with Gasteiger partial charge < -0.3 is 15.2 Å². The normalized spacial score (nSPS) is 12.2. The molecule has 0 spiro atoms. The number of pyridine rings is 1. The van der Waals surface area contributed by atoms with Crippen molar-refractivity contribution >= 4 is 23.9 Å². The number of carbonyl (C=O) groups is 1. The highest BCUT2D eigenvalue weighted by atomic mass is 32.2. The lowest BCUT2D eigenvalue weighted by atomic mass is 9.88. The molecule has 0 unspecified atom stereocenters. The van der Waals surface area contributed by atoms with Gasteiger partial charge >= 0.3 is 5.97 Å². The molecule has 0 radical (unpaired) electrons. The Morgan fingerprint density at radius 2 is 1.67 bits per heavy atom. The number of aryl methyl sites for hydroxylation is 4. The fourth-order valence-electron chi connectivity index (χ4n) is 5.07. The van der Waals surface area contributed by atoms with E-state index in [1.807, 2.05) is 25.1 Å². The van der Waals surface area contributed by atoms with Gasteiger partial charge in [-0.1, -0.05) is 45.0 Å². The summed E-state index contributed by atoms with van der Waals surface area (Å²) in [6, 6.07) is 19.0. The SMILES string of the molecule is Cc1cc(C)nc(CN[C@@H](COc2cc(-c3c(C)cccc3C)nc(NSc3cccc(C(=O)O)c3)n2)CC(C)(C)C)c1. The lowest BCUT2D eigenvalue weighted by Gasteiger charge is -2.27. The van der Waals surface area contributed by atoms with Crippen molar-refractivity contribution in [1.29, 1.82) is 0 Å². The van der Waals surface area contributed by atoms with E-state index in [-0.39, 0.29) is 17.0 Å². The summed E-state index contributed by atoms with van der Waals surface area (Å²) < 4.78 is 9.57. The number of hydrogen-bond donors (Lipinski definition) is 3. The van der Waals surface area contributed by atoms with Gasteiger partial charge in [-0.2, -0.15) is 4.98 Å². The molecule has 2 aromatic carbocycles. The summed E-state index contributed by atoms with van der Waals surface area (Å²) in [4.78, 5) is 26.3. The van der Waals surface area contributed by atoms with Gasteiger partial charge in [0.1, 0.15) is 6.61 Å². The number of nitrogens with zero attached hydrogens (tertiary/aromatic N) is 3. The number of benzene rings is 2. The Labute approximate surface area is 258 Å². The summed E-state index contributed by atoms with van der Waals surface area (Å²) >= 11 is 1.25. The van der Waals surface area contributed by atoms with Crippen LogP contribution in [0.1, 0.15) is 65.6 Å². The molecule has 8 nitrogen and oxygen atoms in total. The first kappa shape index (κ1) is 32.0. The number of aromatic carboxylic acids is 1. The van der Waals surface area contributed by atoms with Crippen LogP contribution in [0.25, 0.3) is 11.3 Å². The van der Waals surface area contributed by atoms with Crippen LogP contribution in [0.2, 0.25) is 0 Å². The second kappa shape index (κ2) is 14.0. The van der Waals surface area contributed by atoms with Gasteiger partial charge in [-0.3, -0.25) is 9.71 Å². The Morgan fingerprint density at radius 3 is 2.35 bits per heavy atom. The van der Waals surface area contributed by atoms with Crippen molar-refractivity contribution in [1.82, 2.24) is 20.3 Å². The predicted molar refractivity (Wildman–Crippen MR) is 174 cm³/mol. The number of rotatable bonds is 12. The van der Waals surface area contributed by atoms with Crippen LogP contribution in [0.5, 0.6) is 5.88 Å². The average molecular weight is 600 g/mol. The molecule has 2 aromatic heterocycles. The maximum absolute atomic E-state index is 11.4. The van der Waals surface area contributed by atoms with E-state index in [1.165, 1.54) is 17.5 Å². The second-order valence-corrected chi connectivity index (χ2v) is 13.0. The van der Waals surface area contributed by atoms with Crippen molar-refractivity contribution in [3.8, 4) is 17.1 Å². The average Bonchev–Trinajstić information content (AvgIpc) is 2.92. The predicted octanol–water partition coefficient (Wildman–Crippen LogP) is 7.56. The number of nitrogens with one attached hydrogen (secondary N) is 2. The Morgan fingerprint density at radius 1 is 0.953 bits per heavy atom. The van der Waals surface area contributed by atoms with Crippen molar-refractivity contribution in [3.63, 3.8) is 0 Å². The van der Waals surface area contributed by atoms with E-state index in [2.05, 4.69) is 85.8 Å². The summed E-state index contributed by atoms with van der Waals surface area (Å²) in [5.41, 5.74) is 7.49. The smallest absolute Gasteiger partial charge is 0.335 e. The van der Waals surface area contributed by atoms with Crippen molar-refractivity contribution in [2.45, 2.75) is 72.4 Å². The standard InChI is InChI=1S/C34H41N5O3S/c1-21-14-24(4)36-26(15-21)19-35-27(18-34(5,6)7)20-42-30-17-29(31-22(2)10-8-11-23(31)3)37-33(38-30)39-43-28-13-9-12-25(16-28)32(40)41/h8-17,27,35H,18-20H2,1-7H3,(H,40,41)(H,37,38,39)/t27-/m1/s1. The molecule has 3 N–H and O–H groups in total. The molecule has 1 atom stereocenters. The highest BCUT2D eigenvalue weighted by Crippen LogP contribution is 2.30. The summed E-state index contributed by atoms with van der Waals surface area (Å²) in [6.07, 6.45) is 0.896. The number of carboxylic acid groups (broad SMARTS) is 1. The number of aromatic nitrogens is 3. The van der Waals surface area contributed by atoms with Crippen molar-refractivity contribution < 1.29 is 14.6 Å². The van der Waals surface area contributed by atoms with E-state index in [1.54, 1.807) is 18.2 Å². The third-order valence-electron chi connectivity index (χ3n) is 6.79. The fourth-order valence-corrected chi connectivity index (χ4v) is 5.70. The highest BCUT2D eigenvalue weighted by Gasteiger charge is 2.21. The zero-order chi connectivity index (χ0) is 31.1. The summed E-state index contributed by atoms with van der Waals surface area (Å²) in [5, 5.41) is 13.0. The van der Waals surface area contributed by atoms with Gasteiger partial charge in [0.15, 0.2) is 0 Å². The lowest BCUT2D eigenvalue weighted by molar-refractivity contribution is 0.0696. The van der Waals surface area contributed by atoms with E-state index in [0.717, 1.165) is 45.1 Å². The fraction of sp³-hybridized carbons (Fsp3) is 0.353. The van der Waals surface area contributed by atoms with E-state index < -0.39 is 5.97 Å². The summed E-state index contributed by atoms with van der Waals surface area (Å²) in [6.45, 7) is 16.0. The van der Waals surface area contributed by atoms with E-state index in [4.69, 9.17) is 9.72 Å². The molecule has 0 aliphatic heterocycles. The molecular formula is C34H41N5O3S. The number of hydrogen-bond acceptors (Lipinski definition) is 8. The van der Waals surface area contributed by atoms with Gasteiger partial charge in [0.05, 0.1) is 17.0 Å². The van der Waals surface area contributed by atoms with Gasteiger partial charge in [0, 0.05) is 34.8 Å². The third-order valence-corrected chi connectivity index (χ3v) is 7.57. The largest absolute Gasteiger partial charge is 0.478 e. The molecule has 4 aromatic rings. The molecular weight excluding hydrogens is 558 g/mol. The van der Waals surface area contributed by atoms with Crippen molar-refractivity contribution in [2.75, 3.05) is 11.3 Å². The third kappa shape index (κ3) is 9.53. The number of carboxylic acids is 1. The van der Waals surface area contributed by atoms with E-state index in [0.29, 0.717) is 25.0 Å². The van der Waals surface area contributed by atoms with Crippen LogP contribution >= 0.6 is 11.9 Å². The quantitative estimate of drug-likeness (QED) is 0.142. The van der Waals surface area contributed by atoms with Crippen molar-refractivity contribution in [2.24, 2.45) is 5.41 Å². The summed E-state index contributed by atoms with van der Waals surface area (Å²) in [5.74, 6) is -0.140. The number of ether oxygens (including phenoxy) is 1. The molecule has 0 saturated carbocycles. The van der Waals surface area contributed by atoms with Gasteiger partial charge in [-0.15, -0.1) is 0 Å². The minimum atomic E-state index is -0.974. The topological polar surface area (TPSA) is 109 Å². The van der Waals surface area contributed by atoms with Gasteiger partial charge in [0.25, 0.3) is 0 Å². The minimum Gasteiger partial charge on any atom is -0.478 e. The molecule has 0 aliphatic rings. The van der Waals surface area contributed by atoms with E-state index in [9.17, 15) is 9.90 Å². The second-order valence-electron chi connectivity index (χ2n) is 12.1. The first-order chi connectivity index (χ1) is 20.4. The molecule has 0 fully saturated rings. The first-order valence-corrected chi connectivity index (χ1v) is 15.2. The van der Waals surface area contributed by atoms with Crippen molar-refractivity contribution in [3.05, 3.63) is 94.3 Å². The van der Waals surface area contributed by atoms with Crippen LogP contribution in [-0.4, -0.2) is 38.7 Å².